The fourth-order valence-corrected chi connectivity index (χ4v) is 9.45. The molecule has 2 aliphatic rings. The third-order valence-electron chi connectivity index (χ3n) is 10.6. The van der Waals surface area contributed by atoms with E-state index in [-0.39, 0.29) is 0 Å². The van der Waals surface area contributed by atoms with Crippen molar-refractivity contribution < 1.29 is 0 Å². The molecule has 0 bridgehead atoms. The average molecular weight is 696 g/mol. The van der Waals surface area contributed by atoms with Crippen molar-refractivity contribution in [3.05, 3.63) is 204 Å². The zero-order chi connectivity index (χ0) is 35.4. The number of hydrogen-bond acceptors (Lipinski definition) is 4. The van der Waals surface area contributed by atoms with Gasteiger partial charge >= 0.3 is 0 Å². The van der Waals surface area contributed by atoms with Gasteiger partial charge in [0.2, 0.25) is 0 Å². The first-order chi connectivity index (χ1) is 26.2. The Balaban J connectivity index is 1.20. The van der Waals surface area contributed by atoms with Crippen molar-refractivity contribution in [1.29, 1.82) is 0 Å². The van der Waals surface area contributed by atoms with Gasteiger partial charge in [0.25, 0.3) is 0 Å². The van der Waals surface area contributed by atoms with Crippen LogP contribution >= 0.6 is 11.8 Å². The molecule has 1 aliphatic carbocycles. The van der Waals surface area contributed by atoms with Crippen molar-refractivity contribution in [2.75, 3.05) is 0 Å². The molecule has 4 heteroatoms. The van der Waals surface area contributed by atoms with Gasteiger partial charge in [-0.1, -0.05) is 163 Å². The second-order valence-electron chi connectivity index (χ2n) is 13.6. The van der Waals surface area contributed by atoms with Crippen LogP contribution in [0.25, 0.3) is 56.2 Å². The number of hydrogen-bond donors (Lipinski definition) is 0. The van der Waals surface area contributed by atoms with Crippen LogP contribution in [0.5, 0.6) is 0 Å². The molecule has 7 aromatic carbocycles. The van der Waals surface area contributed by atoms with Crippen LogP contribution in [0.2, 0.25) is 0 Å². The Bertz CT molecular complexity index is 2640. The van der Waals surface area contributed by atoms with Crippen LogP contribution in [0.1, 0.15) is 27.8 Å². The zero-order valence-electron chi connectivity index (χ0n) is 28.9. The van der Waals surface area contributed by atoms with Gasteiger partial charge in [0, 0.05) is 26.5 Å². The summed E-state index contributed by atoms with van der Waals surface area (Å²) in [5.74, 6) is 0.704. The maximum absolute atomic E-state index is 5.27. The molecule has 0 atom stereocenters. The lowest BCUT2D eigenvalue weighted by atomic mass is 9.67. The normalized spacial score (nSPS) is 13.1. The van der Waals surface area contributed by atoms with Crippen molar-refractivity contribution in [3.63, 3.8) is 0 Å². The Hall–Kier alpha value is -6.36. The number of benzene rings is 7. The second-order valence-corrected chi connectivity index (χ2v) is 14.7. The molecule has 0 saturated heterocycles. The molecule has 0 unspecified atom stereocenters. The average Bonchev–Trinajstić information content (AvgIpc) is 3.51. The predicted molar refractivity (Wildman–Crippen MR) is 218 cm³/mol. The Labute approximate surface area is 313 Å². The van der Waals surface area contributed by atoms with Crippen LogP contribution in [-0.4, -0.2) is 16.7 Å². The SMILES string of the molecule is C=NCc1ccc2c(c1)C1(c3ccccc3Sc3ccccc31)c1cc(-c3cc(-c4ccc(-c5ccccc5)cc4)nc(-c4ccccc4)n3)ccc1-2. The van der Waals surface area contributed by atoms with Crippen molar-refractivity contribution in [2.24, 2.45) is 4.99 Å². The largest absolute Gasteiger partial charge is 0.296 e. The number of nitrogens with zero attached hydrogens (tertiary/aromatic N) is 3. The van der Waals surface area contributed by atoms with Gasteiger partial charge in [0.15, 0.2) is 5.82 Å². The van der Waals surface area contributed by atoms with Gasteiger partial charge < -0.3 is 0 Å². The molecule has 0 amide bonds. The molecule has 10 rings (SSSR count). The summed E-state index contributed by atoms with van der Waals surface area (Å²) in [4.78, 5) is 17.2. The van der Waals surface area contributed by atoms with E-state index in [1.807, 2.05) is 36.0 Å². The van der Waals surface area contributed by atoms with Gasteiger partial charge in [0.1, 0.15) is 0 Å². The summed E-state index contributed by atoms with van der Waals surface area (Å²) in [5.41, 5.74) is 15.5. The van der Waals surface area contributed by atoms with Crippen molar-refractivity contribution >= 4 is 18.5 Å². The van der Waals surface area contributed by atoms with Crippen LogP contribution < -0.4 is 0 Å². The number of aromatic nitrogens is 2. The van der Waals surface area contributed by atoms with Crippen LogP contribution in [0.3, 0.4) is 0 Å². The Morgan fingerprint density at radius 2 is 0.962 bits per heavy atom. The third-order valence-corrected chi connectivity index (χ3v) is 11.8. The van der Waals surface area contributed by atoms with Gasteiger partial charge in [-0.05, 0) is 81.1 Å². The summed E-state index contributed by atoms with van der Waals surface area (Å²) >= 11 is 1.86. The minimum Gasteiger partial charge on any atom is -0.296 e. The maximum Gasteiger partial charge on any atom is 0.160 e. The first-order valence-corrected chi connectivity index (χ1v) is 18.7. The molecule has 1 aliphatic heterocycles. The van der Waals surface area contributed by atoms with E-state index in [0.717, 1.165) is 33.6 Å². The molecule has 1 aromatic heterocycles. The molecular formula is C49H33N3S. The molecule has 0 N–H and O–H groups in total. The molecule has 0 radical (unpaired) electrons. The van der Waals surface area contributed by atoms with E-state index in [2.05, 4.69) is 163 Å². The lowest BCUT2D eigenvalue weighted by molar-refractivity contribution is 0.721. The van der Waals surface area contributed by atoms with Gasteiger partial charge in [-0.25, -0.2) is 9.97 Å². The Morgan fingerprint density at radius 1 is 0.453 bits per heavy atom. The second kappa shape index (κ2) is 12.7. The Kier molecular flexibility index (Phi) is 7.52. The quantitative estimate of drug-likeness (QED) is 0.163. The van der Waals surface area contributed by atoms with Crippen LogP contribution in [0, 0.1) is 0 Å². The number of fused-ring (bicyclic) bond motifs is 9. The molecular weight excluding hydrogens is 663 g/mol. The molecule has 3 nitrogen and oxygen atoms in total. The standard InChI is InChI=1S/C49H33N3S/c1-50-31-32-20-26-38-39-27-25-37(29-43(39)49(42(38)28-32)40-16-8-10-18-46(40)53-47-19-11-9-17-41(47)49)45-30-44(51-48(52-45)36-14-6-3-7-15-36)35-23-21-34(22-24-35)33-12-4-2-5-13-33/h2-30H,1,31H2. The van der Waals surface area contributed by atoms with E-state index in [1.165, 1.54) is 54.3 Å². The van der Waals surface area contributed by atoms with Crippen LogP contribution in [-0.2, 0) is 12.0 Å². The summed E-state index contributed by atoms with van der Waals surface area (Å²) in [6.07, 6.45) is 0. The van der Waals surface area contributed by atoms with E-state index in [9.17, 15) is 0 Å². The molecule has 250 valence electrons. The summed E-state index contributed by atoms with van der Waals surface area (Å²) in [7, 11) is 0. The van der Waals surface area contributed by atoms with E-state index >= 15 is 0 Å². The van der Waals surface area contributed by atoms with Gasteiger partial charge in [-0.15, -0.1) is 0 Å². The van der Waals surface area contributed by atoms with Crippen molar-refractivity contribution in [1.82, 2.24) is 9.97 Å². The highest BCUT2D eigenvalue weighted by Gasteiger charge is 2.50. The molecule has 0 saturated carbocycles. The van der Waals surface area contributed by atoms with E-state index < -0.39 is 5.41 Å². The third kappa shape index (κ3) is 5.09. The molecule has 2 heterocycles. The topological polar surface area (TPSA) is 38.1 Å². The lowest BCUT2D eigenvalue weighted by Crippen LogP contribution is -2.32. The van der Waals surface area contributed by atoms with Gasteiger partial charge in [-0.3, -0.25) is 4.99 Å². The van der Waals surface area contributed by atoms with Gasteiger partial charge in [-0.2, -0.15) is 0 Å². The van der Waals surface area contributed by atoms with Crippen LogP contribution in [0.4, 0.5) is 0 Å². The molecule has 8 aromatic rings. The first-order valence-electron chi connectivity index (χ1n) is 17.9. The van der Waals surface area contributed by atoms with Gasteiger partial charge in [0.05, 0.1) is 23.3 Å². The van der Waals surface area contributed by atoms with E-state index in [4.69, 9.17) is 9.97 Å². The fourth-order valence-electron chi connectivity index (χ4n) is 8.26. The molecule has 0 fully saturated rings. The van der Waals surface area contributed by atoms with Crippen molar-refractivity contribution in [3.8, 4) is 56.2 Å². The zero-order valence-corrected chi connectivity index (χ0v) is 29.7. The highest BCUT2D eigenvalue weighted by atomic mass is 32.2. The molecule has 53 heavy (non-hydrogen) atoms. The smallest absolute Gasteiger partial charge is 0.160 e. The van der Waals surface area contributed by atoms with E-state index in [1.54, 1.807) is 0 Å². The van der Waals surface area contributed by atoms with E-state index in [0.29, 0.717) is 12.4 Å². The number of rotatable bonds is 6. The maximum atomic E-state index is 5.27. The first kappa shape index (κ1) is 31.4. The van der Waals surface area contributed by atoms with Crippen molar-refractivity contribution in [2.45, 2.75) is 21.8 Å². The minimum absolute atomic E-state index is 0.512. The summed E-state index contributed by atoms with van der Waals surface area (Å²) < 4.78 is 0. The summed E-state index contributed by atoms with van der Waals surface area (Å²) in [5, 5.41) is 0. The lowest BCUT2D eigenvalue weighted by Gasteiger charge is -2.39. The monoisotopic (exact) mass is 695 g/mol. The Morgan fingerprint density at radius 3 is 1.62 bits per heavy atom. The molecule has 1 spiro atoms. The highest BCUT2D eigenvalue weighted by Crippen LogP contribution is 2.62. The summed E-state index contributed by atoms with van der Waals surface area (Å²) in [6, 6.07) is 63.2. The number of aliphatic imine (C=N–C) groups is 1. The highest BCUT2D eigenvalue weighted by molar-refractivity contribution is 7.99. The van der Waals surface area contributed by atoms with Crippen LogP contribution in [0.15, 0.2) is 191 Å². The summed E-state index contributed by atoms with van der Waals surface area (Å²) in [6.45, 7) is 4.39. The minimum atomic E-state index is -0.512. The predicted octanol–water partition coefficient (Wildman–Crippen LogP) is 12.2. The fraction of sp³-hybridized carbons (Fsp3) is 0.0408.